The van der Waals surface area contributed by atoms with Crippen LogP contribution in [-0.4, -0.2) is 19.5 Å². The van der Waals surface area contributed by atoms with Crippen molar-refractivity contribution in [2.75, 3.05) is 0 Å². The maximum Gasteiger partial charge on any atom is 0.164 e. The monoisotopic (exact) mass is 552 g/mol. The van der Waals surface area contributed by atoms with Gasteiger partial charge in [-0.2, -0.15) is 0 Å². The SMILES string of the molecule is Brc1ccc2c(c1)c1cc(-c3nc(-c4ccccc4)nc(-c4ccccc4)n3)ccc1n2-c1ccccc1. The minimum Gasteiger partial charge on any atom is -0.309 e. The molecule has 180 valence electrons. The molecule has 0 fully saturated rings. The highest BCUT2D eigenvalue weighted by atomic mass is 79.9. The van der Waals surface area contributed by atoms with Gasteiger partial charge in [0.05, 0.1) is 11.0 Å². The fraction of sp³-hybridized carbons (Fsp3) is 0. The van der Waals surface area contributed by atoms with Gasteiger partial charge in [0, 0.05) is 37.6 Å². The van der Waals surface area contributed by atoms with Gasteiger partial charge in [-0.1, -0.05) is 94.8 Å². The van der Waals surface area contributed by atoms with Gasteiger partial charge < -0.3 is 4.57 Å². The van der Waals surface area contributed by atoms with Crippen molar-refractivity contribution in [1.82, 2.24) is 19.5 Å². The van der Waals surface area contributed by atoms with E-state index in [4.69, 9.17) is 15.0 Å². The standard InChI is InChI=1S/C33H21BrN4/c34-25-17-19-30-28(21-25)27-20-24(16-18-29(27)38(30)26-14-8-3-9-15-26)33-36-31(22-10-4-1-5-11-22)35-32(37-33)23-12-6-2-7-13-23/h1-21H. The maximum atomic E-state index is 4.93. The van der Waals surface area contributed by atoms with Gasteiger partial charge in [-0.15, -0.1) is 0 Å². The topological polar surface area (TPSA) is 43.6 Å². The summed E-state index contributed by atoms with van der Waals surface area (Å²) in [5, 5.41) is 2.31. The second-order valence-electron chi connectivity index (χ2n) is 9.10. The van der Waals surface area contributed by atoms with Gasteiger partial charge in [0.2, 0.25) is 0 Å². The highest BCUT2D eigenvalue weighted by molar-refractivity contribution is 9.10. The molecule has 5 aromatic carbocycles. The van der Waals surface area contributed by atoms with Crippen molar-refractivity contribution >= 4 is 37.7 Å². The van der Waals surface area contributed by atoms with E-state index in [9.17, 15) is 0 Å². The molecular formula is C33H21BrN4. The van der Waals surface area contributed by atoms with Crippen LogP contribution in [0.5, 0.6) is 0 Å². The molecule has 0 spiro atoms. The molecule has 0 N–H and O–H groups in total. The Labute approximate surface area is 228 Å². The Balaban J connectivity index is 1.48. The Kier molecular flexibility index (Phi) is 5.56. The average Bonchev–Trinajstić information content (AvgIpc) is 3.31. The van der Waals surface area contributed by atoms with Gasteiger partial charge in [0.1, 0.15) is 0 Å². The van der Waals surface area contributed by atoms with Gasteiger partial charge in [0.15, 0.2) is 17.5 Å². The third-order valence-electron chi connectivity index (χ3n) is 6.70. The number of nitrogens with zero attached hydrogens (tertiary/aromatic N) is 4. The summed E-state index contributed by atoms with van der Waals surface area (Å²) in [6.07, 6.45) is 0. The first-order chi connectivity index (χ1) is 18.7. The molecule has 0 radical (unpaired) electrons. The van der Waals surface area contributed by atoms with Crippen LogP contribution in [0.2, 0.25) is 0 Å². The Hall–Kier alpha value is -4.61. The van der Waals surface area contributed by atoms with Gasteiger partial charge in [0.25, 0.3) is 0 Å². The fourth-order valence-corrected chi connectivity index (χ4v) is 5.29. The summed E-state index contributed by atoms with van der Waals surface area (Å²) in [6, 6.07) is 43.5. The number of halogens is 1. The van der Waals surface area contributed by atoms with Gasteiger partial charge in [-0.25, -0.2) is 15.0 Å². The third-order valence-corrected chi connectivity index (χ3v) is 7.19. The number of hydrogen-bond acceptors (Lipinski definition) is 3. The van der Waals surface area contributed by atoms with E-state index in [0.29, 0.717) is 17.5 Å². The minimum atomic E-state index is 0.648. The molecule has 5 heteroatoms. The van der Waals surface area contributed by atoms with Crippen LogP contribution in [0.3, 0.4) is 0 Å². The quantitative estimate of drug-likeness (QED) is 0.219. The molecule has 4 nitrogen and oxygen atoms in total. The molecule has 0 amide bonds. The Bertz CT molecular complexity index is 1860. The molecule has 7 aromatic rings. The van der Waals surface area contributed by atoms with Crippen molar-refractivity contribution in [2.45, 2.75) is 0 Å². The number of benzene rings is 5. The summed E-state index contributed by atoms with van der Waals surface area (Å²) < 4.78 is 3.35. The zero-order valence-corrected chi connectivity index (χ0v) is 21.9. The summed E-state index contributed by atoms with van der Waals surface area (Å²) in [7, 11) is 0. The van der Waals surface area contributed by atoms with Crippen molar-refractivity contribution in [3.05, 3.63) is 132 Å². The van der Waals surface area contributed by atoms with Crippen molar-refractivity contribution in [3.8, 4) is 39.9 Å². The first-order valence-electron chi connectivity index (χ1n) is 12.4. The van der Waals surface area contributed by atoms with Crippen molar-refractivity contribution in [1.29, 1.82) is 0 Å². The Morgan fingerprint density at radius 3 is 1.50 bits per heavy atom. The fourth-order valence-electron chi connectivity index (χ4n) is 4.93. The van der Waals surface area contributed by atoms with E-state index >= 15 is 0 Å². The lowest BCUT2D eigenvalue weighted by Crippen LogP contribution is -2.00. The average molecular weight is 553 g/mol. The normalized spacial score (nSPS) is 11.3. The van der Waals surface area contributed by atoms with E-state index in [2.05, 4.69) is 81.2 Å². The molecule has 0 aliphatic rings. The van der Waals surface area contributed by atoms with E-state index in [1.54, 1.807) is 0 Å². The molecule has 38 heavy (non-hydrogen) atoms. The largest absolute Gasteiger partial charge is 0.309 e. The Morgan fingerprint density at radius 1 is 0.447 bits per heavy atom. The highest BCUT2D eigenvalue weighted by Gasteiger charge is 2.16. The van der Waals surface area contributed by atoms with Crippen LogP contribution in [0.15, 0.2) is 132 Å². The van der Waals surface area contributed by atoms with Crippen molar-refractivity contribution < 1.29 is 0 Å². The molecular weight excluding hydrogens is 532 g/mol. The van der Waals surface area contributed by atoms with Crippen LogP contribution in [0.1, 0.15) is 0 Å². The number of hydrogen-bond donors (Lipinski definition) is 0. The van der Waals surface area contributed by atoms with E-state index < -0.39 is 0 Å². The van der Waals surface area contributed by atoms with Crippen LogP contribution in [0, 0.1) is 0 Å². The summed E-state index contributed by atoms with van der Waals surface area (Å²) >= 11 is 3.68. The first-order valence-corrected chi connectivity index (χ1v) is 13.2. The van der Waals surface area contributed by atoms with Crippen LogP contribution < -0.4 is 0 Å². The number of para-hydroxylation sites is 1. The molecule has 0 bridgehead atoms. The molecule has 7 rings (SSSR count). The van der Waals surface area contributed by atoms with Crippen LogP contribution in [-0.2, 0) is 0 Å². The van der Waals surface area contributed by atoms with Crippen molar-refractivity contribution in [2.24, 2.45) is 0 Å². The first kappa shape index (κ1) is 22.6. The predicted molar refractivity (Wildman–Crippen MR) is 158 cm³/mol. The van der Waals surface area contributed by atoms with Crippen LogP contribution in [0.4, 0.5) is 0 Å². The molecule has 2 aromatic heterocycles. The number of aromatic nitrogens is 4. The maximum absolute atomic E-state index is 4.93. The Morgan fingerprint density at radius 2 is 0.921 bits per heavy atom. The molecule has 0 atom stereocenters. The zero-order chi connectivity index (χ0) is 25.5. The van der Waals surface area contributed by atoms with Gasteiger partial charge in [-0.05, 0) is 48.5 Å². The van der Waals surface area contributed by atoms with E-state index in [1.165, 1.54) is 5.39 Å². The summed E-state index contributed by atoms with van der Waals surface area (Å²) in [4.78, 5) is 14.7. The molecule has 0 aliphatic carbocycles. The van der Waals surface area contributed by atoms with Crippen LogP contribution in [0.25, 0.3) is 61.7 Å². The lowest BCUT2D eigenvalue weighted by Gasteiger charge is -2.09. The van der Waals surface area contributed by atoms with E-state index in [1.807, 2.05) is 66.7 Å². The second-order valence-corrected chi connectivity index (χ2v) is 10.0. The lowest BCUT2D eigenvalue weighted by atomic mass is 10.1. The molecule has 2 heterocycles. The molecule has 0 saturated heterocycles. The molecule has 0 aliphatic heterocycles. The van der Waals surface area contributed by atoms with E-state index in [-0.39, 0.29) is 0 Å². The van der Waals surface area contributed by atoms with Gasteiger partial charge in [-0.3, -0.25) is 0 Å². The molecule has 0 unspecified atom stereocenters. The van der Waals surface area contributed by atoms with Crippen LogP contribution >= 0.6 is 15.9 Å². The lowest BCUT2D eigenvalue weighted by molar-refractivity contribution is 1.07. The zero-order valence-electron chi connectivity index (χ0n) is 20.3. The summed E-state index contributed by atoms with van der Waals surface area (Å²) in [6.45, 7) is 0. The molecule has 0 saturated carbocycles. The number of rotatable bonds is 4. The summed E-state index contributed by atoms with van der Waals surface area (Å²) in [5.41, 5.74) is 6.27. The predicted octanol–water partition coefficient (Wildman–Crippen LogP) is 8.73. The summed E-state index contributed by atoms with van der Waals surface area (Å²) in [5.74, 6) is 1.96. The second kappa shape index (κ2) is 9.36. The number of fused-ring (bicyclic) bond motifs is 3. The minimum absolute atomic E-state index is 0.648. The van der Waals surface area contributed by atoms with Crippen molar-refractivity contribution in [3.63, 3.8) is 0 Å². The van der Waals surface area contributed by atoms with E-state index in [0.717, 1.165) is 43.3 Å². The smallest absolute Gasteiger partial charge is 0.164 e. The third kappa shape index (κ3) is 3.98. The van der Waals surface area contributed by atoms with Gasteiger partial charge >= 0.3 is 0 Å². The highest BCUT2D eigenvalue weighted by Crippen LogP contribution is 2.36.